The number of amidine groups is 1. The molecule has 1 amide bonds. The predicted octanol–water partition coefficient (Wildman–Crippen LogP) is 3.38. The second kappa shape index (κ2) is 4.75. The molecule has 1 aliphatic heterocycles. The minimum atomic E-state index is -0.229. The van der Waals surface area contributed by atoms with Crippen molar-refractivity contribution in [3.63, 3.8) is 0 Å². The number of thiophene rings is 1. The van der Waals surface area contributed by atoms with Gasteiger partial charge in [0, 0.05) is 22.7 Å². The number of hydrogen-bond acceptors (Lipinski definition) is 4. The van der Waals surface area contributed by atoms with Gasteiger partial charge in [-0.1, -0.05) is 23.7 Å². The van der Waals surface area contributed by atoms with Crippen molar-refractivity contribution in [1.82, 2.24) is 5.32 Å². The van der Waals surface area contributed by atoms with Crippen LogP contribution in [-0.4, -0.2) is 18.0 Å². The highest BCUT2D eigenvalue weighted by atomic mass is 35.5. The lowest BCUT2D eigenvalue weighted by Gasteiger charge is -2.01. The van der Waals surface area contributed by atoms with E-state index >= 15 is 0 Å². The van der Waals surface area contributed by atoms with E-state index in [-0.39, 0.29) is 5.91 Å². The summed E-state index contributed by atoms with van der Waals surface area (Å²) >= 11 is 7.66. The van der Waals surface area contributed by atoms with Crippen molar-refractivity contribution < 1.29 is 4.79 Å². The summed E-state index contributed by atoms with van der Waals surface area (Å²) < 4.78 is 1.01. The van der Waals surface area contributed by atoms with Crippen LogP contribution in [0.5, 0.6) is 0 Å². The quantitative estimate of drug-likeness (QED) is 0.860. The van der Waals surface area contributed by atoms with Gasteiger partial charge in [0.25, 0.3) is 5.91 Å². The first-order valence-corrected chi connectivity index (χ1v) is 6.93. The van der Waals surface area contributed by atoms with Crippen LogP contribution in [0.2, 0.25) is 5.02 Å². The van der Waals surface area contributed by atoms with Gasteiger partial charge in [-0.25, -0.2) is 0 Å². The Morgan fingerprint density at radius 2 is 2.32 bits per heavy atom. The molecule has 0 aliphatic carbocycles. The molecule has 1 aliphatic rings. The number of amides is 1. The summed E-state index contributed by atoms with van der Waals surface area (Å²) in [7, 11) is 0. The number of rotatable bonds is 1. The number of carbonyl (C=O) groups excluding carboxylic acids is 1. The Hall–Kier alpha value is -1.72. The van der Waals surface area contributed by atoms with E-state index in [4.69, 9.17) is 11.6 Å². The molecule has 0 saturated carbocycles. The fourth-order valence-electron chi connectivity index (χ4n) is 1.86. The number of nitrogens with zero attached hydrogens (tertiary/aromatic N) is 2. The van der Waals surface area contributed by atoms with Crippen LogP contribution in [0.4, 0.5) is 0 Å². The second-order valence-electron chi connectivity index (χ2n) is 4.25. The molecule has 0 radical (unpaired) electrons. The van der Waals surface area contributed by atoms with Crippen LogP contribution < -0.4 is 5.32 Å². The van der Waals surface area contributed by atoms with E-state index < -0.39 is 0 Å². The molecule has 0 fully saturated rings. The van der Waals surface area contributed by atoms with Crippen molar-refractivity contribution >= 4 is 51.0 Å². The molecule has 6 heteroatoms. The molecule has 1 aromatic carbocycles. The number of nitrogens with one attached hydrogen (secondary N) is 1. The van der Waals surface area contributed by atoms with E-state index in [0.717, 1.165) is 15.6 Å². The van der Waals surface area contributed by atoms with E-state index in [1.807, 2.05) is 25.1 Å². The average molecular weight is 292 g/mol. The van der Waals surface area contributed by atoms with E-state index in [0.29, 0.717) is 22.2 Å². The van der Waals surface area contributed by atoms with Crippen molar-refractivity contribution in [2.24, 2.45) is 10.2 Å². The number of carbonyl (C=O) groups is 1. The molecular weight excluding hydrogens is 282 g/mol. The van der Waals surface area contributed by atoms with Gasteiger partial charge >= 0.3 is 0 Å². The van der Waals surface area contributed by atoms with Crippen LogP contribution in [0, 0.1) is 6.92 Å². The van der Waals surface area contributed by atoms with Crippen LogP contribution in [-0.2, 0) is 0 Å². The minimum Gasteiger partial charge on any atom is -0.307 e. The molecule has 0 atom stereocenters. The number of fused-ring (bicyclic) bond motifs is 1. The highest BCUT2D eigenvalue weighted by molar-refractivity contribution is 7.21. The van der Waals surface area contributed by atoms with E-state index in [1.54, 1.807) is 6.21 Å². The van der Waals surface area contributed by atoms with Crippen LogP contribution in [0.1, 0.15) is 21.7 Å². The van der Waals surface area contributed by atoms with Gasteiger partial charge in [-0.05, 0) is 18.6 Å². The Morgan fingerprint density at radius 1 is 1.47 bits per heavy atom. The average Bonchev–Trinajstić information content (AvgIpc) is 2.97. The lowest BCUT2D eigenvalue weighted by Crippen LogP contribution is -2.29. The summed E-state index contributed by atoms with van der Waals surface area (Å²) in [6, 6.07) is 5.95. The summed E-state index contributed by atoms with van der Waals surface area (Å²) in [5.74, 6) is 0.322. The van der Waals surface area contributed by atoms with Crippen molar-refractivity contribution in [2.75, 3.05) is 0 Å². The van der Waals surface area contributed by atoms with Gasteiger partial charge in [-0.2, -0.15) is 5.10 Å². The van der Waals surface area contributed by atoms with E-state index in [9.17, 15) is 4.79 Å². The fourth-order valence-corrected chi connectivity index (χ4v) is 3.37. The molecule has 1 N–H and O–H groups in total. The molecular formula is C13H10ClN3OS. The zero-order chi connectivity index (χ0) is 13.4. The molecule has 3 rings (SSSR count). The second-order valence-corrected chi connectivity index (χ2v) is 5.68. The minimum absolute atomic E-state index is 0.229. The first-order chi connectivity index (χ1) is 9.15. The van der Waals surface area contributed by atoms with Gasteiger partial charge in [-0.3, -0.25) is 4.79 Å². The zero-order valence-electron chi connectivity index (χ0n) is 10.1. The van der Waals surface area contributed by atoms with Crippen LogP contribution in [0.15, 0.2) is 28.4 Å². The summed E-state index contributed by atoms with van der Waals surface area (Å²) in [5, 5.41) is 11.7. The Kier molecular flexibility index (Phi) is 3.08. The van der Waals surface area contributed by atoms with Crippen LogP contribution in [0.25, 0.3) is 10.1 Å². The Labute approximate surface area is 118 Å². The molecule has 96 valence electrons. The SMILES string of the molecule is Cc1ccc2c(Cl)c(C(=O)NC3=NN=CC3)sc2c1. The van der Waals surface area contributed by atoms with Gasteiger partial charge < -0.3 is 5.32 Å². The summed E-state index contributed by atoms with van der Waals surface area (Å²) in [6.45, 7) is 2.01. The highest BCUT2D eigenvalue weighted by Gasteiger charge is 2.18. The van der Waals surface area contributed by atoms with Crippen molar-refractivity contribution in [3.05, 3.63) is 33.7 Å². The third kappa shape index (κ3) is 2.27. The number of aryl methyl sites for hydroxylation is 1. The van der Waals surface area contributed by atoms with Gasteiger partial charge in [0.05, 0.1) is 5.02 Å². The molecule has 1 aromatic heterocycles. The third-order valence-electron chi connectivity index (χ3n) is 2.79. The van der Waals surface area contributed by atoms with Crippen LogP contribution >= 0.6 is 22.9 Å². The van der Waals surface area contributed by atoms with Gasteiger partial charge in [0.15, 0.2) is 0 Å². The van der Waals surface area contributed by atoms with Crippen molar-refractivity contribution in [1.29, 1.82) is 0 Å². The topological polar surface area (TPSA) is 53.8 Å². The maximum absolute atomic E-state index is 12.2. The monoisotopic (exact) mass is 291 g/mol. The standard InChI is InChI=1S/C13H10ClN3OS/c1-7-2-3-8-9(6-7)19-12(11(8)14)13(18)16-10-4-5-15-17-10/h2-3,5-6H,4H2,1H3,(H,16,17,18). The Bertz CT molecular complexity index is 733. The summed E-state index contributed by atoms with van der Waals surface area (Å²) in [5.41, 5.74) is 1.14. The first-order valence-electron chi connectivity index (χ1n) is 5.73. The molecule has 0 saturated heterocycles. The maximum atomic E-state index is 12.2. The number of benzene rings is 1. The zero-order valence-corrected chi connectivity index (χ0v) is 11.7. The Morgan fingerprint density at radius 3 is 3.05 bits per heavy atom. The molecule has 0 spiro atoms. The molecule has 0 unspecified atom stereocenters. The smallest absolute Gasteiger partial charge is 0.268 e. The molecule has 0 bridgehead atoms. The maximum Gasteiger partial charge on any atom is 0.268 e. The molecule has 19 heavy (non-hydrogen) atoms. The van der Waals surface area contributed by atoms with E-state index in [1.165, 1.54) is 11.3 Å². The molecule has 4 nitrogen and oxygen atoms in total. The van der Waals surface area contributed by atoms with Crippen molar-refractivity contribution in [2.45, 2.75) is 13.3 Å². The summed E-state index contributed by atoms with van der Waals surface area (Å²) in [4.78, 5) is 12.7. The first kappa shape index (κ1) is 12.3. The Balaban J connectivity index is 1.96. The van der Waals surface area contributed by atoms with E-state index in [2.05, 4.69) is 15.5 Å². The van der Waals surface area contributed by atoms with Gasteiger partial charge in [-0.15, -0.1) is 16.4 Å². The van der Waals surface area contributed by atoms with Crippen molar-refractivity contribution in [3.8, 4) is 0 Å². The highest BCUT2D eigenvalue weighted by Crippen LogP contribution is 2.35. The normalized spacial score (nSPS) is 13.9. The summed E-state index contributed by atoms with van der Waals surface area (Å²) in [6.07, 6.45) is 2.19. The molecule has 2 heterocycles. The fraction of sp³-hybridized carbons (Fsp3) is 0.154. The number of hydrogen-bond donors (Lipinski definition) is 1. The van der Waals surface area contributed by atoms with Gasteiger partial charge in [0.1, 0.15) is 10.7 Å². The van der Waals surface area contributed by atoms with Gasteiger partial charge in [0.2, 0.25) is 0 Å². The van der Waals surface area contributed by atoms with Crippen LogP contribution in [0.3, 0.4) is 0 Å². The largest absolute Gasteiger partial charge is 0.307 e. The molecule has 2 aromatic rings. The predicted molar refractivity (Wildman–Crippen MR) is 79.6 cm³/mol. The lowest BCUT2D eigenvalue weighted by atomic mass is 10.2. The lowest BCUT2D eigenvalue weighted by molar-refractivity contribution is 0.0981. The number of halogens is 1. The third-order valence-corrected chi connectivity index (χ3v) is 4.45.